The van der Waals surface area contributed by atoms with E-state index in [2.05, 4.69) is 31.4 Å². The summed E-state index contributed by atoms with van der Waals surface area (Å²) < 4.78 is 29.6. The van der Waals surface area contributed by atoms with Crippen molar-refractivity contribution in [3.05, 3.63) is 71.8 Å². The third kappa shape index (κ3) is 18.9. The smallest absolute Gasteiger partial charge is 0.235 e. The highest BCUT2D eigenvalue weighted by molar-refractivity contribution is 7.88. The lowest BCUT2D eigenvalue weighted by molar-refractivity contribution is -0.128. The predicted molar refractivity (Wildman–Crippen MR) is 220 cm³/mol. The van der Waals surface area contributed by atoms with Crippen molar-refractivity contribution in [2.45, 2.75) is 122 Å². The molecule has 0 spiro atoms. The molecule has 0 radical (unpaired) electrons. The predicted octanol–water partition coefficient (Wildman–Crippen LogP) is 5.07. The molecule has 0 saturated carbocycles. The molecule has 8 N–H and O–H groups in total. The van der Waals surface area contributed by atoms with Crippen LogP contribution in [0.3, 0.4) is 0 Å². The van der Waals surface area contributed by atoms with E-state index in [4.69, 9.17) is 17.2 Å². The number of amides is 2. The molecule has 11 nitrogen and oxygen atoms in total. The number of Topliss-reactive ketones (excluding diaryl/α,β-unsaturated/α-hetero) is 1. The van der Waals surface area contributed by atoms with Gasteiger partial charge in [0.2, 0.25) is 21.8 Å². The van der Waals surface area contributed by atoms with Crippen LogP contribution < -0.4 is 27.8 Å². The van der Waals surface area contributed by atoms with E-state index in [1.807, 2.05) is 36.4 Å². The summed E-state index contributed by atoms with van der Waals surface area (Å²) in [6, 6.07) is 17.0. The van der Waals surface area contributed by atoms with Gasteiger partial charge in [-0.05, 0) is 94.0 Å². The minimum atomic E-state index is -4.05. The van der Waals surface area contributed by atoms with Crippen molar-refractivity contribution in [3.8, 4) is 0 Å². The van der Waals surface area contributed by atoms with E-state index in [-0.39, 0.29) is 35.8 Å². The Labute approximate surface area is 326 Å². The molecular weight excluding hydrogens is 701 g/mol. The van der Waals surface area contributed by atoms with Crippen molar-refractivity contribution in [1.82, 2.24) is 14.9 Å². The third-order valence-electron chi connectivity index (χ3n) is 9.96. The molecule has 2 rings (SSSR count). The molecule has 0 aliphatic heterocycles. The summed E-state index contributed by atoms with van der Waals surface area (Å²) in [7, 11) is -4.05. The molecule has 2 amide bonds. The van der Waals surface area contributed by atoms with Crippen molar-refractivity contribution >= 4 is 27.6 Å². The second kappa shape index (κ2) is 26.6. The Balaban J connectivity index is 2.41. The standard InChI is InChI=1S/C42H70N6O5S/c1-4-34(17-11-14-24-43)29-40(49)39(28-35-18-7-5-8-19-35)47-41(50)31-48(54(52,53)32-36-20-9-6-10-21-36)30-38(23-13-16-26-45)46-42(51)37(27-33(2)3)22-12-15-25-44/h5-10,18-21,33-34,37-39H,4,11-17,22-32,43-45H2,1-3H3,(H,46,51)(H,47,50)/t34-,37-,38+,39+/m1/s1. The van der Waals surface area contributed by atoms with E-state index >= 15 is 0 Å². The first kappa shape index (κ1) is 47.0. The number of unbranched alkanes of at least 4 members (excludes halogenated alkanes) is 3. The number of sulfonamides is 1. The average molecular weight is 771 g/mol. The monoisotopic (exact) mass is 771 g/mol. The van der Waals surface area contributed by atoms with E-state index in [9.17, 15) is 22.8 Å². The summed E-state index contributed by atoms with van der Waals surface area (Å²) >= 11 is 0. The molecule has 0 heterocycles. The molecule has 304 valence electrons. The van der Waals surface area contributed by atoms with Gasteiger partial charge in [-0.2, -0.15) is 4.31 Å². The number of rotatable bonds is 30. The van der Waals surface area contributed by atoms with Crippen LogP contribution in [-0.4, -0.2) is 75.1 Å². The van der Waals surface area contributed by atoms with Crippen LogP contribution in [0.2, 0.25) is 0 Å². The molecule has 2 aromatic carbocycles. The summed E-state index contributed by atoms with van der Waals surface area (Å²) in [4.78, 5) is 41.6. The largest absolute Gasteiger partial charge is 0.352 e. The molecule has 54 heavy (non-hydrogen) atoms. The van der Waals surface area contributed by atoms with Gasteiger partial charge in [0.25, 0.3) is 0 Å². The fourth-order valence-corrected chi connectivity index (χ4v) is 8.39. The highest BCUT2D eigenvalue weighted by atomic mass is 32.2. The summed E-state index contributed by atoms with van der Waals surface area (Å²) in [6.45, 7) is 7.27. The minimum absolute atomic E-state index is 0.0803. The van der Waals surface area contributed by atoms with E-state index < -0.39 is 34.6 Å². The second-order valence-electron chi connectivity index (χ2n) is 15.2. The average Bonchev–Trinajstić information content (AvgIpc) is 3.14. The van der Waals surface area contributed by atoms with Gasteiger partial charge in [0, 0.05) is 24.9 Å². The minimum Gasteiger partial charge on any atom is -0.352 e. The number of hydrogen-bond donors (Lipinski definition) is 5. The maximum absolute atomic E-state index is 14.2. The SMILES string of the molecule is CC[C@H](CCCCN)CC(=O)[C@H](Cc1ccccc1)NC(=O)CN(C[C@H](CCCCN)NC(=O)[C@H](CCCCN)CC(C)C)S(=O)(=O)Cc1ccccc1. The Hall–Kier alpha value is -3.16. The van der Waals surface area contributed by atoms with Crippen LogP contribution >= 0.6 is 0 Å². The number of nitrogens with zero attached hydrogens (tertiary/aromatic N) is 1. The number of nitrogens with two attached hydrogens (primary N) is 3. The van der Waals surface area contributed by atoms with Crippen LogP contribution in [0.4, 0.5) is 0 Å². The first-order valence-electron chi connectivity index (χ1n) is 20.2. The number of carbonyl (C=O) groups is 3. The zero-order valence-corrected chi connectivity index (χ0v) is 34.0. The number of benzene rings is 2. The van der Waals surface area contributed by atoms with E-state index in [0.717, 1.165) is 44.1 Å². The highest BCUT2D eigenvalue weighted by Crippen LogP contribution is 2.21. The van der Waals surface area contributed by atoms with Crippen molar-refractivity contribution in [2.75, 3.05) is 32.7 Å². The Kier molecular flexibility index (Phi) is 23.2. The third-order valence-corrected chi connectivity index (χ3v) is 11.7. The van der Waals surface area contributed by atoms with Gasteiger partial charge in [0.15, 0.2) is 5.78 Å². The first-order valence-corrected chi connectivity index (χ1v) is 21.8. The van der Waals surface area contributed by atoms with E-state index in [0.29, 0.717) is 76.1 Å². The molecule has 0 aliphatic rings. The lowest BCUT2D eigenvalue weighted by Gasteiger charge is -2.30. The van der Waals surface area contributed by atoms with Crippen LogP contribution in [0.25, 0.3) is 0 Å². The van der Waals surface area contributed by atoms with E-state index in [1.165, 1.54) is 4.31 Å². The molecule has 0 unspecified atom stereocenters. The van der Waals surface area contributed by atoms with Gasteiger partial charge in [0.1, 0.15) is 0 Å². The topological polar surface area (TPSA) is 191 Å². The lowest BCUT2D eigenvalue weighted by Crippen LogP contribution is -2.52. The van der Waals surface area contributed by atoms with E-state index in [1.54, 1.807) is 24.3 Å². The fraction of sp³-hybridized carbons (Fsp3) is 0.643. The van der Waals surface area contributed by atoms with Gasteiger partial charge < -0.3 is 27.8 Å². The molecular formula is C42H70N6O5S. The zero-order chi connectivity index (χ0) is 39.8. The van der Waals surface area contributed by atoms with Gasteiger partial charge >= 0.3 is 0 Å². The van der Waals surface area contributed by atoms with Crippen LogP contribution in [-0.2, 0) is 36.6 Å². The molecule has 4 atom stereocenters. The van der Waals surface area contributed by atoms with Gasteiger partial charge in [-0.25, -0.2) is 8.42 Å². The Bertz CT molecular complexity index is 1440. The molecule has 0 aliphatic carbocycles. The lowest BCUT2D eigenvalue weighted by atomic mass is 9.89. The van der Waals surface area contributed by atoms with Crippen LogP contribution in [0.5, 0.6) is 0 Å². The zero-order valence-electron chi connectivity index (χ0n) is 33.2. The number of carbonyl (C=O) groups excluding carboxylic acids is 3. The maximum Gasteiger partial charge on any atom is 0.235 e. The van der Waals surface area contributed by atoms with Gasteiger partial charge in [-0.3, -0.25) is 14.4 Å². The number of hydrogen-bond acceptors (Lipinski definition) is 8. The van der Waals surface area contributed by atoms with Crippen molar-refractivity contribution in [1.29, 1.82) is 0 Å². The molecule has 0 aromatic heterocycles. The summed E-state index contributed by atoms with van der Waals surface area (Å²) in [5, 5.41) is 6.11. The number of nitrogens with one attached hydrogen (secondary N) is 2. The quantitative estimate of drug-likeness (QED) is 0.0681. The molecule has 0 fully saturated rings. The Morgan fingerprint density at radius 2 is 1.30 bits per heavy atom. The fourth-order valence-electron chi connectivity index (χ4n) is 6.87. The second-order valence-corrected chi connectivity index (χ2v) is 17.1. The molecule has 12 heteroatoms. The Morgan fingerprint density at radius 3 is 1.85 bits per heavy atom. The van der Waals surface area contributed by atoms with Crippen molar-refractivity contribution in [3.63, 3.8) is 0 Å². The van der Waals surface area contributed by atoms with Crippen LogP contribution in [0.1, 0.15) is 109 Å². The molecule has 0 saturated heterocycles. The number of ketones is 1. The molecule has 2 aromatic rings. The van der Waals surface area contributed by atoms with Crippen LogP contribution in [0, 0.1) is 17.8 Å². The van der Waals surface area contributed by atoms with Crippen molar-refractivity contribution in [2.24, 2.45) is 35.0 Å². The Morgan fingerprint density at radius 1 is 0.741 bits per heavy atom. The van der Waals surface area contributed by atoms with Gasteiger partial charge in [-0.15, -0.1) is 0 Å². The van der Waals surface area contributed by atoms with Gasteiger partial charge in [-0.1, -0.05) is 107 Å². The van der Waals surface area contributed by atoms with Crippen molar-refractivity contribution < 1.29 is 22.8 Å². The first-order chi connectivity index (χ1) is 25.9. The summed E-state index contributed by atoms with van der Waals surface area (Å²) in [5.41, 5.74) is 18.7. The molecule has 0 bridgehead atoms. The van der Waals surface area contributed by atoms with Gasteiger partial charge in [0.05, 0.1) is 18.3 Å². The summed E-state index contributed by atoms with van der Waals surface area (Å²) in [6.07, 6.45) is 9.06. The maximum atomic E-state index is 14.2. The van der Waals surface area contributed by atoms with Crippen LogP contribution in [0.15, 0.2) is 60.7 Å². The summed E-state index contributed by atoms with van der Waals surface area (Å²) in [5.74, 6) is -0.855. The normalized spacial score (nSPS) is 14.1. The highest BCUT2D eigenvalue weighted by Gasteiger charge is 2.32.